The standard InChI is InChI=1S/C14H22ClFN2O2S/c1-4-6-17-9-11-7-12(15)8-13(14(11)16)21(19,20)18-10(3)5-2/h7-8,10,17-18H,4-6,9H2,1-3H3. The summed E-state index contributed by atoms with van der Waals surface area (Å²) in [5.74, 6) is -0.751. The molecule has 0 fully saturated rings. The van der Waals surface area contributed by atoms with E-state index in [1.165, 1.54) is 6.07 Å². The maximum atomic E-state index is 14.4. The Morgan fingerprint density at radius 2 is 2.00 bits per heavy atom. The third kappa shape index (κ3) is 5.21. The van der Waals surface area contributed by atoms with Crippen LogP contribution in [0, 0.1) is 5.82 Å². The smallest absolute Gasteiger partial charge is 0.243 e. The highest BCUT2D eigenvalue weighted by Gasteiger charge is 2.23. The van der Waals surface area contributed by atoms with Gasteiger partial charge in [-0.1, -0.05) is 25.4 Å². The van der Waals surface area contributed by atoms with Crippen LogP contribution in [0.25, 0.3) is 0 Å². The first kappa shape index (κ1) is 18.4. The van der Waals surface area contributed by atoms with Gasteiger partial charge in [-0.3, -0.25) is 0 Å². The molecule has 0 aliphatic rings. The summed E-state index contributed by atoms with van der Waals surface area (Å²) in [4.78, 5) is -0.399. The lowest BCUT2D eigenvalue weighted by Gasteiger charge is -2.15. The van der Waals surface area contributed by atoms with Crippen molar-refractivity contribution in [2.45, 2.75) is 51.1 Å². The molecule has 1 aromatic carbocycles. The number of hydrogen-bond donors (Lipinski definition) is 2. The molecular weight excluding hydrogens is 315 g/mol. The molecule has 1 unspecified atom stereocenters. The lowest BCUT2D eigenvalue weighted by molar-refractivity contribution is 0.530. The van der Waals surface area contributed by atoms with Crippen LogP contribution in [0.3, 0.4) is 0 Å². The van der Waals surface area contributed by atoms with Crippen LogP contribution < -0.4 is 10.0 Å². The van der Waals surface area contributed by atoms with Gasteiger partial charge in [0.2, 0.25) is 10.0 Å². The van der Waals surface area contributed by atoms with Gasteiger partial charge < -0.3 is 5.32 Å². The SMILES string of the molecule is CCCNCc1cc(Cl)cc(S(=O)(=O)NC(C)CC)c1F. The summed E-state index contributed by atoms with van der Waals surface area (Å²) < 4.78 is 41.3. The fourth-order valence-corrected chi connectivity index (χ4v) is 3.53. The normalized spacial score (nSPS) is 13.4. The van der Waals surface area contributed by atoms with Crippen molar-refractivity contribution in [2.24, 2.45) is 0 Å². The molecule has 0 aliphatic carbocycles. The molecule has 4 nitrogen and oxygen atoms in total. The second-order valence-corrected chi connectivity index (χ2v) is 7.10. The van der Waals surface area contributed by atoms with Crippen LogP contribution in [0.15, 0.2) is 17.0 Å². The maximum absolute atomic E-state index is 14.4. The molecular formula is C14H22ClFN2O2S. The van der Waals surface area contributed by atoms with Crippen molar-refractivity contribution >= 4 is 21.6 Å². The minimum absolute atomic E-state index is 0.203. The van der Waals surface area contributed by atoms with Gasteiger partial charge in [0.15, 0.2) is 0 Å². The van der Waals surface area contributed by atoms with Gasteiger partial charge in [0.05, 0.1) is 0 Å². The topological polar surface area (TPSA) is 58.2 Å². The Labute approximate surface area is 131 Å². The van der Waals surface area contributed by atoms with Crippen LogP contribution in [0.5, 0.6) is 0 Å². The van der Waals surface area contributed by atoms with E-state index < -0.39 is 20.7 Å². The minimum Gasteiger partial charge on any atom is -0.313 e. The fraction of sp³-hybridized carbons (Fsp3) is 0.571. The molecule has 0 radical (unpaired) electrons. The van der Waals surface area contributed by atoms with Crippen LogP contribution in [-0.4, -0.2) is 21.0 Å². The van der Waals surface area contributed by atoms with Gasteiger partial charge in [-0.2, -0.15) is 0 Å². The highest BCUT2D eigenvalue weighted by atomic mass is 35.5. The zero-order valence-electron chi connectivity index (χ0n) is 12.5. The number of benzene rings is 1. The Morgan fingerprint density at radius 1 is 1.33 bits per heavy atom. The number of nitrogens with one attached hydrogen (secondary N) is 2. The molecule has 1 aromatic rings. The molecule has 2 N–H and O–H groups in total. The summed E-state index contributed by atoms with van der Waals surface area (Å²) in [5.41, 5.74) is 0.250. The Kier molecular flexibility index (Phi) is 7.06. The van der Waals surface area contributed by atoms with E-state index in [-0.39, 0.29) is 23.2 Å². The molecule has 0 heterocycles. The number of rotatable bonds is 8. The van der Waals surface area contributed by atoms with E-state index >= 15 is 0 Å². The third-order valence-electron chi connectivity index (χ3n) is 3.08. The number of hydrogen-bond acceptors (Lipinski definition) is 3. The average Bonchev–Trinajstić information content (AvgIpc) is 2.41. The summed E-state index contributed by atoms with van der Waals surface area (Å²) in [6.45, 7) is 6.53. The van der Waals surface area contributed by atoms with E-state index in [0.29, 0.717) is 6.42 Å². The highest BCUT2D eigenvalue weighted by molar-refractivity contribution is 7.89. The Bertz CT molecular complexity index is 579. The fourth-order valence-electron chi connectivity index (χ4n) is 1.75. The van der Waals surface area contributed by atoms with Gasteiger partial charge in [0.25, 0.3) is 0 Å². The zero-order chi connectivity index (χ0) is 16.0. The molecule has 120 valence electrons. The summed E-state index contributed by atoms with van der Waals surface area (Å²) in [6.07, 6.45) is 1.52. The first-order valence-electron chi connectivity index (χ1n) is 7.02. The van der Waals surface area contributed by atoms with Gasteiger partial charge in [-0.15, -0.1) is 0 Å². The average molecular weight is 337 g/mol. The van der Waals surface area contributed by atoms with Gasteiger partial charge in [0.1, 0.15) is 10.7 Å². The van der Waals surface area contributed by atoms with Crippen LogP contribution in [0.2, 0.25) is 5.02 Å². The predicted octanol–water partition coefficient (Wildman–Crippen LogP) is 3.06. The van der Waals surface area contributed by atoms with Crippen molar-refractivity contribution in [2.75, 3.05) is 6.54 Å². The molecule has 0 saturated heterocycles. The quantitative estimate of drug-likeness (QED) is 0.717. The van der Waals surface area contributed by atoms with Crippen molar-refractivity contribution in [1.82, 2.24) is 10.0 Å². The van der Waals surface area contributed by atoms with Gasteiger partial charge in [-0.25, -0.2) is 17.5 Å². The van der Waals surface area contributed by atoms with Crippen molar-refractivity contribution in [3.63, 3.8) is 0 Å². The van der Waals surface area contributed by atoms with E-state index in [9.17, 15) is 12.8 Å². The number of halogens is 2. The van der Waals surface area contributed by atoms with Crippen LogP contribution >= 0.6 is 11.6 Å². The van der Waals surface area contributed by atoms with E-state index in [1.54, 1.807) is 6.92 Å². The lowest BCUT2D eigenvalue weighted by Crippen LogP contribution is -2.32. The van der Waals surface area contributed by atoms with Crippen molar-refractivity contribution < 1.29 is 12.8 Å². The summed E-state index contributed by atoms with van der Waals surface area (Å²) in [5, 5.41) is 3.24. The van der Waals surface area contributed by atoms with Gasteiger partial charge >= 0.3 is 0 Å². The highest BCUT2D eigenvalue weighted by Crippen LogP contribution is 2.24. The largest absolute Gasteiger partial charge is 0.313 e. The van der Waals surface area contributed by atoms with E-state index in [0.717, 1.165) is 19.0 Å². The summed E-state index contributed by atoms with van der Waals surface area (Å²) in [6, 6.07) is 2.32. The molecule has 0 bridgehead atoms. The molecule has 0 aromatic heterocycles. The number of sulfonamides is 1. The van der Waals surface area contributed by atoms with Crippen molar-refractivity contribution in [3.8, 4) is 0 Å². The minimum atomic E-state index is -3.92. The van der Waals surface area contributed by atoms with Crippen molar-refractivity contribution in [3.05, 3.63) is 28.5 Å². The second-order valence-electron chi connectivity index (χ2n) is 4.98. The van der Waals surface area contributed by atoms with Gasteiger partial charge in [0, 0.05) is 23.2 Å². The van der Waals surface area contributed by atoms with E-state index in [1.807, 2.05) is 13.8 Å². The molecule has 0 aliphatic heterocycles. The van der Waals surface area contributed by atoms with Gasteiger partial charge in [-0.05, 0) is 38.4 Å². The van der Waals surface area contributed by atoms with Crippen LogP contribution in [0.4, 0.5) is 4.39 Å². The van der Waals surface area contributed by atoms with E-state index in [2.05, 4.69) is 10.0 Å². The van der Waals surface area contributed by atoms with Crippen LogP contribution in [-0.2, 0) is 16.6 Å². The third-order valence-corrected chi connectivity index (χ3v) is 4.89. The molecule has 1 rings (SSSR count). The zero-order valence-corrected chi connectivity index (χ0v) is 14.1. The molecule has 0 spiro atoms. The first-order valence-corrected chi connectivity index (χ1v) is 8.88. The Balaban J connectivity index is 3.12. The molecule has 1 atom stereocenters. The molecule has 21 heavy (non-hydrogen) atoms. The summed E-state index contributed by atoms with van der Waals surface area (Å²) >= 11 is 5.92. The van der Waals surface area contributed by atoms with Crippen molar-refractivity contribution in [1.29, 1.82) is 0 Å². The Hall–Kier alpha value is -0.690. The predicted molar refractivity (Wildman–Crippen MR) is 83.5 cm³/mol. The molecule has 0 saturated carbocycles. The monoisotopic (exact) mass is 336 g/mol. The second kappa shape index (κ2) is 8.08. The first-order chi connectivity index (χ1) is 9.81. The Morgan fingerprint density at radius 3 is 2.57 bits per heavy atom. The van der Waals surface area contributed by atoms with Crippen LogP contribution in [0.1, 0.15) is 39.2 Å². The summed E-state index contributed by atoms with van der Waals surface area (Å²) in [7, 11) is -3.92. The lowest BCUT2D eigenvalue weighted by atomic mass is 10.2. The van der Waals surface area contributed by atoms with E-state index in [4.69, 9.17) is 11.6 Å². The molecule has 7 heteroatoms. The maximum Gasteiger partial charge on any atom is 0.243 e. The molecule has 0 amide bonds.